The van der Waals surface area contributed by atoms with Crippen LogP contribution in [0.2, 0.25) is 0 Å². The fourth-order valence-electron chi connectivity index (χ4n) is 1.38. The first kappa shape index (κ1) is 12.2. The van der Waals surface area contributed by atoms with Gasteiger partial charge in [0, 0.05) is 25.1 Å². The maximum Gasteiger partial charge on any atom is 0.255 e. The molecule has 1 aromatic carbocycles. The third-order valence-corrected chi connectivity index (χ3v) is 2.09. The zero-order valence-electron chi connectivity index (χ0n) is 9.42. The number of benzene rings is 1. The molecule has 0 bridgehead atoms. The average Bonchev–Trinajstić information content (AvgIpc) is 2.36. The first-order valence-corrected chi connectivity index (χ1v) is 4.97. The summed E-state index contributed by atoms with van der Waals surface area (Å²) in [5, 5.41) is 7.00. The van der Waals surface area contributed by atoms with Gasteiger partial charge in [-0.05, 0) is 24.6 Å². The number of aliphatic hydroxyl groups excluding tert-OH is 1. The summed E-state index contributed by atoms with van der Waals surface area (Å²) in [7, 11) is 1.00. The fourth-order valence-corrected chi connectivity index (χ4v) is 1.38. The summed E-state index contributed by atoms with van der Waals surface area (Å²) in [6.07, 6.45) is 1.84. The van der Waals surface area contributed by atoms with Gasteiger partial charge in [-0.2, -0.15) is 0 Å². The molecule has 0 fully saturated rings. The standard InChI is InChI=1S/C12H11NO.CH4O/c1-10-7-8-12(14)13(9-10)11-5-3-2-4-6-11;1-2/h2-9H,1H3;2H,1H3. The number of hydrogen-bond acceptors (Lipinski definition) is 2. The predicted octanol–water partition coefficient (Wildman–Crippen LogP) is 1.75. The van der Waals surface area contributed by atoms with Gasteiger partial charge in [-0.15, -0.1) is 0 Å². The molecule has 0 saturated heterocycles. The van der Waals surface area contributed by atoms with E-state index in [0.717, 1.165) is 18.4 Å². The Balaban J connectivity index is 0.000000606. The molecule has 3 heteroatoms. The van der Waals surface area contributed by atoms with E-state index in [1.807, 2.05) is 49.5 Å². The number of hydrogen-bond donors (Lipinski definition) is 1. The monoisotopic (exact) mass is 217 g/mol. The van der Waals surface area contributed by atoms with Gasteiger partial charge >= 0.3 is 0 Å². The van der Waals surface area contributed by atoms with Crippen molar-refractivity contribution in [2.24, 2.45) is 0 Å². The molecule has 1 N–H and O–H groups in total. The lowest BCUT2D eigenvalue weighted by Gasteiger charge is -2.05. The van der Waals surface area contributed by atoms with Crippen LogP contribution in [0.15, 0.2) is 53.5 Å². The van der Waals surface area contributed by atoms with E-state index in [2.05, 4.69) is 0 Å². The van der Waals surface area contributed by atoms with E-state index in [9.17, 15) is 4.79 Å². The Morgan fingerprint density at radius 1 is 1.00 bits per heavy atom. The second kappa shape index (κ2) is 5.88. The summed E-state index contributed by atoms with van der Waals surface area (Å²) in [5.41, 5.74) is 1.98. The average molecular weight is 217 g/mol. The van der Waals surface area contributed by atoms with E-state index >= 15 is 0 Å². The molecule has 0 spiro atoms. The molecule has 2 rings (SSSR count). The third kappa shape index (κ3) is 2.81. The first-order valence-electron chi connectivity index (χ1n) is 4.97. The van der Waals surface area contributed by atoms with Crippen LogP contribution in [0.1, 0.15) is 5.56 Å². The van der Waals surface area contributed by atoms with Gasteiger partial charge in [0.2, 0.25) is 0 Å². The molecule has 1 aromatic heterocycles. The van der Waals surface area contributed by atoms with Gasteiger partial charge in [-0.1, -0.05) is 24.3 Å². The van der Waals surface area contributed by atoms with Crippen LogP contribution >= 0.6 is 0 Å². The van der Waals surface area contributed by atoms with E-state index in [0.29, 0.717) is 0 Å². The van der Waals surface area contributed by atoms with Crippen molar-refractivity contribution in [1.82, 2.24) is 4.57 Å². The van der Waals surface area contributed by atoms with Crippen LogP contribution in [-0.4, -0.2) is 16.8 Å². The molecule has 0 aliphatic carbocycles. The molecule has 16 heavy (non-hydrogen) atoms. The van der Waals surface area contributed by atoms with Crippen LogP contribution in [0.25, 0.3) is 5.69 Å². The molecule has 0 amide bonds. The van der Waals surface area contributed by atoms with Gasteiger partial charge in [-0.3, -0.25) is 9.36 Å². The number of para-hydroxylation sites is 1. The quantitative estimate of drug-likeness (QED) is 0.790. The number of aliphatic hydroxyl groups is 1. The highest BCUT2D eigenvalue weighted by Crippen LogP contribution is 2.04. The Morgan fingerprint density at radius 3 is 2.25 bits per heavy atom. The largest absolute Gasteiger partial charge is 0.400 e. The molecule has 3 nitrogen and oxygen atoms in total. The summed E-state index contributed by atoms with van der Waals surface area (Å²) < 4.78 is 1.65. The Labute approximate surface area is 94.6 Å². The highest BCUT2D eigenvalue weighted by Gasteiger charge is 1.97. The highest BCUT2D eigenvalue weighted by atomic mass is 16.2. The zero-order valence-corrected chi connectivity index (χ0v) is 9.42. The molecule has 0 aliphatic rings. The van der Waals surface area contributed by atoms with Crippen molar-refractivity contribution in [2.45, 2.75) is 6.92 Å². The van der Waals surface area contributed by atoms with E-state index in [1.165, 1.54) is 0 Å². The van der Waals surface area contributed by atoms with Gasteiger partial charge in [0.25, 0.3) is 5.56 Å². The van der Waals surface area contributed by atoms with E-state index in [1.54, 1.807) is 10.6 Å². The zero-order chi connectivity index (χ0) is 12.0. The molecule has 0 saturated carbocycles. The van der Waals surface area contributed by atoms with Crippen LogP contribution in [0, 0.1) is 6.92 Å². The number of rotatable bonds is 1. The van der Waals surface area contributed by atoms with Crippen molar-refractivity contribution >= 4 is 0 Å². The molecular weight excluding hydrogens is 202 g/mol. The lowest BCUT2D eigenvalue weighted by atomic mass is 10.3. The van der Waals surface area contributed by atoms with Crippen LogP contribution in [0.3, 0.4) is 0 Å². The summed E-state index contributed by atoms with van der Waals surface area (Å²) in [6, 6.07) is 13.0. The van der Waals surface area contributed by atoms with Crippen LogP contribution < -0.4 is 5.56 Å². The maximum atomic E-state index is 11.5. The fraction of sp³-hybridized carbons (Fsp3) is 0.154. The predicted molar refractivity (Wildman–Crippen MR) is 64.9 cm³/mol. The van der Waals surface area contributed by atoms with Crippen molar-refractivity contribution in [3.8, 4) is 5.69 Å². The van der Waals surface area contributed by atoms with Gasteiger partial charge in [0.15, 0.2) is 0 Å². The maximum absolute atomic E-state index is 11.5. The second-order valence-electron chi connectivity index (χ2n) is 3.25. The minimum atomic E-state index is 0.00167. The minimum absolute atomic E-state index is 0.00167. The summed E-state index contributed by atoms with van der Waals surface area (Å²) in [6.45, 7) is 1.97. The Morgan fingerprint density at radius 2 is 1.62 bits per heavy atom. The van der Waals surface area contributed by atoms with Gasteiger partial charge in [0.05, 0.1) is 0 Å². The molecule has 0 aliphatic heterocycles. The Bertz CT molecular complexity index is 489. The first-order chi connectivity index (χ1) is 7.77. The molecule has 0 atom stereocenters. The van der Waals surface area contributed by atoms with Crippen molar-refractivity contribution in [3.63, 3.8) is 0 Å². The Hall–Kier alpha value is -1.87. The van der Waals surface area contributed by atoms with E-state index < -0.39 is 0 Å². The molecule has 84 valence electrons. The van der Waals surface area contributed by atoms with Crippen molar-refractivity contribution < 1.29 is 5.11 Å². The lowest BCUT2D eigenvalue weighted by molar-refractivity contribution is 0.399. The van der Waals surface area contributed by atoms with Crippen LogP contribution in [-0.2, 0) is 0 Å². The summed E-state index contributed by atoms with van der Waals surface area (Å²) >= 11 is 0. The second-order valence-corrected chi connectivity index (χ2v) is 3.25. The normalized spacial score (nSPS) is 9.19. The van der Waals surface area contributed by atoms with Gasteiger partial charge < -0.3 is 5.11 Å². The number of aromatic nitrogens is 1. The molecule has 1 heterocycles. The van der Waals surface area contributed by atoms with Gasteiger partial charge in [-0.25, -0.2) is 0 Å². The topological polar surface area (TPSA) is 42.2 Å². The van der Waals surface area contributed by atoms with Crippen molar-refractivity contribution in [1.29, 1.82) is 0 Å². The third-order valence-electron chi connectivity index (χ3n) is 2.09. The summed E-state index contributed by atoms with van der Waals surface area (Å²) in [4.78, 5) is 11.5. The molecule has 0 radical (unpaired) electrons. The van der Waals surface area contributed by atoms with Crippen LogP contribution in [0.4, 0.5) is 0 Å². The smallest absolute Gasteiger partial charge is 0.255 e. The lowest BCUT2D eigenvalue weighted by Crippen LogP contribution is -2.16. The number of nitrogens with zero attached hydrogens (tertiary/aromatic N) is 1. The molecular formula is C13H15NO2. The SMILES string of the molecule is CO.Cc1ccc(=O)n(-c2ccccc2)c1. The molecule has 2 aromatic rings. The van der Waals surface area contributed by atoms with Crippen LogP contribution in [0.5, 0.6) is 0 Å². The van der Waals surface area contributed by atoms with E-state index in [-0.39, 0.29) is 5.56 Å². The molecule has 0 unspecified atom stereocenters. The highest BCUT2D eigenvalue weighted by molar-refractivity contribution is 5.32. The number of pyridine rings is 1. The number of aryl methyl sites for hydroxylation is 1. The summed E-state index contributed by atoms with van der Waals surface area (Å²) in [5.74, 6) is 0. The van der Waals surface area contributed by atoms with Gasteiger partial charge in [0.1, 0.15) is 0 Å². The van der Waals surface area contributed by atoms with Crippen molar-refractivity contribution in [2.75, 3.05) is 7.11 Å². The minimum Gasteiger partial charge on any atom is -0.400 e. The van der Waals surface area contributed by atoms with E-state index in [4.69, 9.17) is 5.11 Å². The Kier molecular flexibility index (Phi) is 4.48. The van der Waals surface area contributed by atoms with Crippen molar-refractivity contribution in [3.05, 3.63) is 64.6 Å².